The molecular formula is C15H19NO4. The van der Waals surface area contributed by atoms with Crippen molar-refractivity contribution in [3.05, 3.63) is 18.1 Å². The quantitative estimate of drug-likeness (QED) is 0.560. The number of esters is 1. The van der Waals surface area contributed by atoms with E-state index in [1.807, 2.05) is 0 Å². The molecule has 0 aliphatic carbocycles. The predicted octanol–water partition coefficient (Wildman–Crippen LogP) is 1.11. The smallest absolute Gasteiger partial charge is 0.332 e. The maximum atomic E-state index is 12.3. The molecule has 1 amide bonds. The Hall–Kier alpha value is -1.36. The third-order valence-electron chi connectivity index (χ3n) is 4.62. The Labute approximate surface area is 118 Å². The summed E-state index contributed by atoms with van der Waals surface area (Å²) in [5.74, 6) is -0.310. The van der Waals surface area contributed by atoms with Crippen molar-refractivity contribution in [1.29, 1.82) is 0 Å². The van der Waals surface area contributed by atoms with Gasteiger partial charge in [-0.2, -0.15) is 0 Å². The van der Waals surface area contributed by atoms with Crippen molar-refractivity contribution < 1.29 is 19.1 Å². The first-order chi connectivity index (χ1) is 9.67. The Morgan fingerprint density at radius 1 is 1.30 bits per heavy atom. The first-order valence-corrected chi connectivity index (χ1v) is 7.12. The van der Waals surface area contributed by atoms with Gasteiger partial charge in [-0.15, -0.1) is 0 Å². The molecule has 0 unspecified atom stereocenters. The molecule has 108 valence electrons. The Kier molecular flexibility index (Phi) is 3.54. The summed E-state index contributed by atoms with van der Waals surface area (Å²) in [7, 11) is 0. The van der Waals surface area contributed by atoms with Crippen LogP contribution in [0.4, 0.5) is 0 Å². The Morgan fingerprint density at radius 2 is 2.05 bits per heavy atom. The van der Waals surface area contributed by atoms with E-state index < -0.39 is 5.54 Å². The third kappa shape index (κ3) is 2.04. The van der Waals surface area contributed by atoms with Gasteiger partial charge in [0.05, 0.1) is 19.8 Å². The summed E-state index contributed by atoms with van der Waals surface area (Å²) in [6, 6.07) is 0. The number of amides is 1. The summed E-state index contributed by atoms with van der Waals surface area (Å²) in [4.78, 5) is 26.0. The van der Waals surface area contributed by atoms with Crippen molar-refractivity contribution in [2.75, 3.05) is 26.4 Å². The lowest BCUT2D eigenvalue weighted by Gasteiger charge is -2.28. The van der Waals surface area contributed by atoms with Crippen LogP contribution in [0.2, 0.25) is 0 Å². The lowest BCUT2D eigenvalue weighted by atomic mass is 9.89. The maximum absolute atomic E-state index is 12.3. The molecule has 2 radical (unpaired) electrons. The number of nitrogens with zero attached hydrogens (tertiary/aromatic N) is 1. The van der Waals surface area contributed by atoms with Crippen LogP contribution in [0.3, 0.4) is 0 Å². The Morgan fingerprint density at radius 3 is 2.75 bits per heavy atom. The van der Waals surface area contributed by atoms with E-state index >= 15 is 0 Å². The van der Waals surface area contributed by atoms with Gasteiger partial charge < -0.3 is 14.4 Å². The molecule has 3 aliphatic rings. The van der Waals surface area contributed by atoms with Gasteiger partial charge in [0.1, 0.15) is 5.54 Å². The summed E-state index contributed by atoms with van der Waals surface area (Å²) in [6.07, 6.45) is 3.37. The minimum Gasteiger partial charge on any atom is -0.464 e. The fraction of sp³-hybridized carbons (Fsp3) is 0.667. The molecule has 0 bridgehead atoms. The molecule has 0 saturated carbocycles. The number of hydrogen-bond donors (Lipinski definition) is 0. The average molecular weight is 277 g/mol. The highest BCUT2D eigenvalue weighted by Gasteiger charge is 2.56. The van der Waals surface area contributed by atoms with Gasteiger partial charge >= 0.3 is 5.97 Å². The van der Waals surface area contributed by atoms with Crippen LogP contribution in [0.15, 0.2) is 11.1 Å². The molecule has 0 N–H and O–H groups in total. The lowest BCUT2D eigenvalue weighted by molar-refractivity contribution is -0.156. The summed E-state index contributed by atoms with van der Waals surface area (Å²) in [5.41, 5.74) is 1.77. The van der Waals surface area contributed by atoms with Gasteiger partial charge in [0, 0.05) is 26.3 Å². The Balaban J connectivity index is 1.88. The van der Waals surface area contributed by atoms with E-state index in [9.17, 15) is 9.59 Å². The van der Waals surface area contributed by atoms with Crippen LogP contribution in [0.1, 0.15) is 32.1 Å². The zero-order valence-electron chi connectivity index (χ0n) is 11.5. The predicted molar refractivity (Wildman–Crippen MR) is 70.6 cm³/mol. The lowest BCUT2D eigenvalue weighted by Crippen LogP contribution is -2.48. The van der Waals surface area contributed by atoms with Crippen molar-refractivity contribution in [3.63, 3.8) is 0 Å². The average Bonchev–Trinajstić information content (AvgIpc) is 2.99. The summed E-state index contributed by atoms with van der Waals surface area (Å²) in [6.45, 7) is 7.20. The molecule has 3 aliphatic heterocycles. The number of fused-ring (bicyclic) bond motifs is 1. The minimum atomic E-state index is -0.795. The molecule has 3 fully saturated rings. The van der Waals surface area contributed by atoms with Crippen molar-refractivity contribution in [3.8, 4) is 0 Å². The van der Waals surface area contributed by atoms with Gasteiger partial charge in [-0.1, -0.05) is 5.57 Å². The van der Waals surface area contributed by atoms with Crippen LogP contribution in [-0.4, -0.2) is 48.7 Å². The van der Waals surface area contributed by atoms with Crippen molar-refractivity contribution in [2.45, 2.75) is 37.6 Å². The second-order valence-electron chi connectivity index (χ2n) is 5.61. The molecule has 0 aromatic rings. The second-order valence-corrected chi connectivity index (χ2v) is 5.61. The van der Waals surface area contributed by atoms with Crippen LogP contribution >= 0.6 is 0 Å². The number of hydrogen-bond acceptors (Lipinski definition) is 4. The van der Waals surface area contributed by atoms with E-state index in [1.165, 1.54) is 11.1 Å². The van der Waals surface area contributed by atoms with Crippen LogP contribution < -0.4 is 0 Å². The molecule has 3 rings (SSSR count). The summed E-state index contributed by atoms with van der Waals surface area (Å²) < 4.78 is 10.4. The largest absolute Gasteiger partial charge is 0.464 e. The molecule has 0 spiro atoms. The molecule has 0 aromatic heterocycles. The number of carbonyl (C=O) groups is 2. The van der Waals surface area contributed by atoms with Gasteiger partial charge in [0.2, 0.25) is 5.91 Å². The standard InChI is InChI=1S/C15H19NO4/c1-2-20-14(18)15-6-3-13(17)16(15)10-12(9-15)11-4-7-19-8-5-11/h1H,2-10H2/t15-/m0/s1. The van der Waals surface area contributed by atoms with Crippen LogP contribution in [0.25, 0.3) is 0 Å². The van der Waals surface area contributed by atoms with E-state index in [2.05, 4.69) is 0 Å². The monoisotopic (exact) mass is 277 g/mol. The van der Waals surface area contributed by atoms with E-state index in [-0.39, 0.29) is 18.5 Å². The molecule has 5 heteroatoms. The van der Waals surface area contributed by atoms with Gasteiger partial charge in [-0.05, 0) is 24.8 Å². The first kappa shape index (κ1) is 13.6. The molecule has 20 heavy (non-hydrogen) atoms. The normalized spacial score (nSPS) is 29.9. The minimum absolute atomic E-state index is 0.0432. The summed E-state index contributed by atoms with van der Waals surface area (Å²) in [5, 5.41) is 0. The highest BCUT2D eigenvalue weighted by Crippen LogP contribution is 2.44. The maximum Gasteiger partial charge on any atom is 0.332 e. The highest BCUT2D eigenvalue weighted by atomic mass is 16.5. The van der Waals surface area contributed by atoms with Crippen LogP contribution in [-0.2, 0) is 19.1 Å². The van der Waals surface area contributed by atoms with Crippen LogP contribution in [0.5, 0.6) is 0 Å². The van der Waals surface area contributed by atoms with E-state index in [4.69, 9.17) is 16.4 Å². The van der Waals surface area contributed by atoms with Gasteiger partial charge in [0.25, 0.3) is 0 Å². The number of rotatable bonds is 2. The fourth-order valence-electron chi connectivity index (χ4n) is 3.55. The zero-order valence-corrected chi connectivity index (χ0v) is 11.5. The van der Waals surface area contributed by atoms with Gasteiger partial charge in [-0.25, -0.2) is 4.79 Å². The fourth-order valence-corrected chi connectivity index (χ4v) is 3.55. The van der Waals surface area contributed by atoms with E-state index in [0.29, 0.717) is 25.8 Å². The zero-order chi connectivity index (χ0) is 14.2. The molecule has 0 aromatic carbocycles. The molecule has 1 atom stereocenters. The van der Waals surface area contributed by atoms with Crippen LogP contribution in [0, 0.1) is 6.92 Å². The second kappa shape index (κ2) is 5.20. The number of ether oxygens (including phenoxy) is 2. The topological polar surface area (TPSA) is 55.8 Å². The third-order valence-corrected chi connectivity index (χ3v) is 4.62. The van der Waals surface area contributed by atoms with E-state index in [1.54, 1.807) is 4.90 Å². The summed E-state index contributed by atoms with van der Waals surface area (Å²) >= 11 is 0. The molecule has 3 heterocycles. The SMILES string of the molecule is [CH]COC(=O)[C@@]12CCC(=O)N1CC(=C1CCOCC1)C2. The van der Waals surface area contributed by atoms with Gasteiger partial charge in [-0.3, -0.25) is 4.79 Å². The van der Waals surface area contributed by atoms with E-state index in [0.717, 1.165) is 26.1 Å². The van der Waals surface area contributed by atoms with Crippen molar-refractivity contribution >= 4 is 11.9 Å². The molecular weight excluding hydrogens is 258 g/mol. The molecule has 3 saturated heterocycles. The highest BCUT2D eigenvalue weighted by molar-refractivity contribution is 5.93. The number of carbonyl (C=O) groups excluding carboxylic acids is 2. The Bertz CT molecular complexity index is 462. The molecule has 5 nitrogen and oxygen atoms in total. The van der Waals surface area contributed by atoms with Gasteiger partial charge in [0.15, 0.2) is 0 Å². The first-order valence-electron chi connectivity index (χ1n) is 7.12. The van der Waals surface area contributed by atoms with Crippen molar-refractivity contribution in [1.82, 2.24) is 4.90 Å². The van der Waals surface area contributed by atoms with Crippen molar-refractivity contribution in [2.24, 2.45) is 0 Å².